The Kier molecular flexibility index (Phi) is 5.59. The number of carbonyl (C=O) groups excluding carboxylic acids is 1. The fourth-order valence-corrected chi connectivity index (χ4v) is 3.32. The van der Waals surface area contributed by atoms with E-state index in [1.54, 1.807) is 0 Å². The van der Waals surface area contributed by atoms with Crippen LogP contribution in [-0.4, -0.2) is 30.4 Å². The molecule has 0 heterocycles. The highest BCUT2D eigenvalue weighted by molar-refractivity contribution is 5.80. The monoisotopic (exact) mass is 303 g/mol. The number of nitrogens with two attached hydrogens (primary N) is 1. The summed E-state index contributed by atoms with van der Waals surface area (Å²) in [7, 11) is 4.11. The number of carbonyl (C=O) groups is 1. The molecule has 0 aliphatic heterocycles. The van der Waals surface area contributed by atoms with Gasteiger partial charge in [0.25, 0.3) is 0 Å². The molecule has 122 valence electrons. The summed E-state index contributed by atoms with van der Waals surface area (Å²) in [6.45, 7) is 3.47. The Morgan fingerprint density at radius 3 is 2.64 bits per heavy atom. The third-order valence-corrected chi connectivity index (χ3v) is 4.63. The predicted octanol–water partition coefficient (Wildman–Crippen LogP) is 2.27. The molecule has 1 fully saturated rings. The van der Waals surface area contributed by atoms with Gasteiger partial charge in [0.15, 0.2) is 0 Å². The van der Waals surface area contributed by atoms with Gasteiger partial charge in [-0.05, 0) is 45.0 Å². The van der Waals surface area contributed by atoms with Crippen LogP contribution in [-0.2, 0) is 17.9 Å². The molecule has 2 unspecified atom stereocenters. The van der Waals surface area contributed by atoms with Crippen molar-refractivity contribution in [3.8, 4) is 0 Å². The van der Waals surface area contributed by atoms with Crippen LogP contribution < -0.4 is 11.1 Å². The standard InChI is InChI=1S/C18H29N3O/c1-18(19)11-7-6-10-16(18)17(22)20-12-14-8-4-5-9-15(14)13-21(2)3/h4-5,8-9,16H,6-7,10-13,19H2,1-3H3,(H,20,22). The van der Waals surface area contributed by atoms with E-state index in [9.17, 15) is 4.79 Å². The van der Waals surface area contributed by atoms with E-state index < -0.39 is 0 Å². The average molecular weight is 303 g/mol. The van der Waals surface area contributed by atoms with Crippen molar-refractivity contribution >= 4 is 5.91 Å². The Morgan fingerprint density at radius 1 is 1.32 bits per heavy atom. The lowest BCUT2D eigenvalue weighted by atomic mass is 9.74. The van der Waals surface area contributed by atoms with Gasteiger partial charge in [0, 0.05) is 18.6 Å². The molecule has 4 heteroatoms. The second kappa shape index (κ2) is 7.25. The van der Waals surface area contributed by atoms with Crippen LogP contribution in [0.15, 0.2) is 24.3 Å². The third kappa shape index (κ3) is 4.31. The van der Waals surface area contributed by atoms with Gasteiger partial charge in [0.05, 0.1) is 5.92 Å². The van der Waals surface area contributed by atoms with Crippen molar-refractivity contribution in [1.82, 2.24) is 10.2 Å². The second-order valence-electron chi connectivity index (χ2n) is 7.03. The summed E-state index contributed by atoms with van der Waals surface area (Å²) < 4.78 is 0. The van der Waals surface area contributed by atoms with E-state index in [2.05, 4.69) is 36.4 Å². The maximum absolute atomic E-state index is 12.5. The highest BCUT2D eigenvalue weighted by Crippen LogP contribution is 2.31. The molecule has 2 rings (SSSR count). The molecule has 0 bridgehead atoms. The van der Waals surface area contributed by atoms with Crippen molar-refractivity contribution in [2.24, 2.45) is 11.7 Å². The maximum atomic E-state index is 12.5. The number of nitrogens with zero attached hydrogens (tertiary/aromatic N) is 1. The summed E-state index contributed by atoms with van der Waals surface area (Å²) >= 11 is 0. The van der Waals surface area contributed by atoms with Crippen molar-refractivity contribution < 1.29 is 4.79 Å². The molecule has 1 aromatic rings. The fraction of sp³-hybridized carbons (Fsp3) is 0.611. The Balaban J connectivity index is 1.99. The molecule has 0 radical (unpaired) electrons. The highest BCUT2D eigenvalue weighted by atomic mass is 16.1. The minimum absolute atomic E-state index is 0.0674. The molecule has 1 saturated carbocycles. The molecular weight excluding hydrogens is 274 g/mol. The maximum Gasteiger partial charge on any atom is 0.225 e. The number of hydrogen-bond donors (Lipinski definition) is 2. The minimum Gasteiger partial charge on any atom is -0.352 e. The first-order valence-corrected chi connectivity index (χ1v) is 8.18. The molecular formula is C18H29N3O. The molecule has 4 nitrogen and oxygen atoms in total. The summed E-state index contributed by atoms with van der Waals surface area (Å²) in [4.78, 5) is 14.7. The molecule has 0 aromatic heterocycles. The smallest absolute Gasteiger partial charge is 0.225 e. The Bertz CT molecular complexity index is 511. The number of benzene rings is 1. The summed E-state index contributed by atoms with van der Waals surface area (Å²) in [6.07, 6.45) is 4.06. The van der Waals surface area contributed by atoms with Crippen LogP contribution in [0.1, 0.15) is 43.7 Å². The van der Waals surface area contributed by atoms with Gasteiger partial charge in [0.1, 0.15) is 0 Å². The number of nitrogens with one attached hydrogen (secondary N) is 1. The molecule has 0 saturated heterocycles. The van der Waals surface area contributed by atoms with Gasteiger partial charge < -0.3 is 16.0 Å². The van der Waals surface area contributed by atoms with Crippen LogP contribution in [0.2, 0.25) is 0 Å². The Hall–Kier alpha value is -1.39. The number of rotatable bonds is 5. The second-order valence-corrected chi connectivity index (χ2v) is 7.03. The zero-order chi connectivity index (χ0) is 16.2. The van der Waals surface area contributed by atoms with E-state index in [0.29, 0.717) is 6.54 Å². The van der Waals surface area contributed by atoms with Crippen LogP contribution in [0.3, 0.4) is 0 Å². The third-order valence-electron chi connectivity index (χ3n) is 4.63. The van der Waals surface area contributed by atoms with E-state index in [1.807, 2.05) is 19.1 Å². The summed E-state index contributed by atoms with van der Waals surface area (Å²) in [5.41, 5.74) is 8.39. The molecule has 1 aromatic carbocycles. The van der Waals surface area contributed by atoms with E-state index in [-0.39, 0.29) is 17.4 Å². The van der Waals surface area contributed by atoms with Gasteiger partial charge in [-0.2, -0.15) is 0 Å². The van der Waals surface area contributed by atoms with Gasteiger partial charge in [0.2, 0.25) is 5.91 Å². The Morgan fingerprint density at radius 2 is 2.00 bits per heavy atom. The zero-order valence-corrected chi connectivity index (χ0v) is 14.1. The van der Waals surface area contributed by atoms with E-state index in [4.69, 9.17) is 5.73 Å². The topological polar surface area (TPSA) is 58.4 Å². The van der Waals surface area contributed by atoms with Gasteiger partial charge in [-0.25, -0.2) is 0 Å². The van der Waals surface area contributed by atoms with E-state index in [1.165, 1.54) is 11.1 Å². The molecule has 1 amide bonds. The van der Waals surface area contributed by atoms with Crippen molar-refractivity contribution in [2.75, 3.05) is 14.1 Å². The van der Waals surface area contributed by atoms with Gasteiger partial charge >= 0.3 is 0 Å². The number of amides is 1. The highest BCUT2D eigenvalue weighted by Gasteiger charge is 2.37. The summed E-state index contributed by atoms with van der Waals surface area (Å²) in [6, 6.07) is 8.27. The zero-order valence-electron chi connectivity index (χ0n) is 14.1. The van der Waals surface area contributed by atoms with Crippen LogP contribution in [0.4, 0.5) is 0 Å². The lowest BCUT2D eigenvalue weighted by Crippen LogP contribution is -2.52. The largest absolute Gasteiger partial charge is 0.352 e. The minimum atomic E-state index is -0.370. The van der Waals surface area contributed by atoms with Crippen molar-refractivity contribution in [3.05, 3.63) is 35.4 Å². The van der Waals surface area contributed by atoms with E-state index >= 15 is 0 Å². The van der Waals surface area contributed by atoms with E-state index in [0.717, 1.165) is 32.2 Å². The molecule has 0 spiro atoms. The SMILES string of the molecule is CN(C)Cc1ccccc1CNC(=O)C1CCCCC1(C)N. The molecule has 2 atom stereocenters. The lowest BCUT2D eigenvalue weighted by molar-refractivity contribution is -0.128. The van der Waals surface area contributed by atoms with Gasteiger partial charge in [-0.3, -0.25) is 4.79 Å². The lowest BCUT2D eigenvalue weighted by Gasteiger charge is -2.37. The van der Waals surface area contributed by atoms with Gasteiger partial charge in [-0.1, -0.05) is 37.1 Å². The van der Waals surface area contributed by atoms with Crippen LogP contribution in [0, 0.1) is 5.92 Å². The normalized spacial score (nSPS) is 25.2. The molecule has 1 aliphatic carbocycles. The molecule has 3 N–H and O–H groups in total. The van der Waals surface area contributed by atoms with Gasteiger partial charge in [-0.15, -0.1) is 0 Å². The van der Waals surface area contributed by atoms with Crippen molar-refractivity contribution in [2.45, 2.75) is 51.2 Å². The first kappa shape index (κ1) is 17.0. The Labute approximate surface area is 134 Å². The average Bonchev–Trinajstić information content (AvgIpc) is 2.45. The molecule has 22 heavy (non-hydrogen) atoms. The van der Waals surface area contributed by atoms with Crippen molar-refractivity contribution in [1.29, 1.82) is 0 Å². The molecule has 1 aliphatic rings. The van der Waals surface area contributed by atoms with Crippen LogP contribution in [0.25, 0.3) is 0 Å². The van der Waals surface area contributed by atoms with Crippen LogP contribution in [0.5, 0.6) is 0 Å². The van der Waals surface area contributed by atoms with Crippen LogP contribution >= 0.6 is 0 Å². The fourth-order valence-electron chi connectivity index (χ4n) is 3.32. The first-order chi connectivity index (χ1) is 10.4. The summed E-state index contributed by atoms with van der Waals surface area (Å²) in [5, 5.41) is 3.10. The predicted molar refractivity (Wildman–Crippen MR) is 90.2 cm³/mol. The summed E-state index contributed by atoms with van der Waals surface area (Å²) in [5.74, 6) is 0.0339. The number of hydrogen-bond acceptors (Lipinski definition) is 3. The van der Waals surface area contributed by atoms with Crippen molar-refractivity contribution in [3.63, 3.8) is 0 Å². The quantitative estimate of drug-likeness (QED) is 0.877. The first-order valence-electron chi connectivity index (χ1n) is 8.18.